The number of benzene rings is 4. The van der Waals surface area contributed by atoms with Gasteiger partial charge in [-0.2, -0.15) is 0 Å². The van der Waals surface area contributed by atoms with E-state index in [4.69, 9.17) is 9.47 Å². The average Bonchev–Trinajstić information content (AvgIpc) is 3.00. The second kappa shape index (κ2) is 15.9. The van der Waals surface area contributed by atoms with E-state index in [9.17, 15) is 0 Å². The Balaban J connectivity index is 0.00000387. The smallest absolute Gasteiger partial charge is 0.119 e. The molecule has 0 aliphatic carbocycles. The van der Waals surface area contributed by atoms with Gasteiger partial charge in [0.1, 0.15) is 11.5 Å². The minimum atomic E-state index is 0. The summed E-state index contributed by atoms with van der Waals surface area (Å²) in [6, 6.07) is 25.9. The minimum absolute atomic E-state index is 0. The maximum absolute atomic E-state index is 5.33. The predicted octanol–water partition coefficient (Wildman–Crippen LogP) is 5.71. The van der Waals surface area contributed by atoms with Gasteiger partial charge in [0, 0.05) is 39.3 Å². The number of hydrogen-bond donors (Lipinski definition) is 2. The zero-order chi connectivity index (χ0) is 27.6. The van der Waals surface area contributed by atoms with Crippen molar-refractivity contribution in [1.82, 2.24) is 20.4 Å². The van der Waals surface area contributed by atoms with Crippen LogP contribution < -0.4 is 20.1 Å². The molecule has 0 aromatic heterocycles. The topological polar surface area (TPSA) is 49.0 Å². The van der Waals surface area contributed by atoms with Gasteiger partial charge in [-0.05, 0) is 108 Å². The lowest BCUT2D eigenvalue weighted by atomic mass is 10.1. The van der Waals surface area contributed by atoms with E-state index in [1.54, 1.807) is 14.2 Å². The van der Waals surface area contributed by atoms with Crippen molar-refractivity contribution >= 4 is 34.0 Å². The summed E-state index contributed by atoms with van der Waals surface area (Å²) in [5, 5.41) is 12.2. The zero-order valence-corrected chi connectivity index (χ0v) is 25.3. The van der Waals surface area contributed by atoms with Crippen LogP contribution in [0.25, 0.3) is 21.5 Å². The van der Waals surface area contributed by atoms with Crippen LogP contribution in [-0.4, -0.2) is 76.4 Å². The fraction of sp³-hybridized carbons (Fsp3) is 0.412. The van der Waals surface area contributed by atoms with E-state index in [1.165, 1.54) is 84.8 Å². The zero-order valence-electron chi connectivity index (χ0n) is 24.5. The van der Waals surface area contributed by atoms with Gasteiger partial charge in [-0.15, -0.1) is 12.4 Å². The number of nitrogens with zero attached hydrogens (tertiary/aromatic N) is 2. The van der Waals surface area contributed by atoms with Crippen molar-refractivity contribution in [3.05, 3.63) is 83.9 Å². The number of fused-ring (bicyclic) bond motifs is 2. The van der Waals surface area contributed by atoms with E-state index in [2.05, 4.69) is 81.1 Å². The van der Waals surface area contributed by atoms with Crippen molar-refractivity contribution in [3.63, 3.8) is 0 Å². The molecule has 0 radical (unpaired) electrons. The molecule has 2 N–H and O–H groups in total. The number of piperazine rings is 1. The van der Waals surface area contributed by atoms with E-state index < -0.39 is 0 Å². The van der Waals surface area contributed by atoms with E-state index in [0.717, 1.165) is 37.7 Å². The van der Waals surface area contributed by atoms with Gasteiger partial charge in [0.05, 0.1) is 14.2 Å². The molecule has 0 amide bonds. The Morgan fingerprint density at radius 2 is 0.951 bits per heavy atom. The average molecular weight is 577 g/mol. The van der Waals surface area contributed by atoms with Gasteiger partial charge < -0.3 is 29.9 Å². The molecule has 1 aliphatic heterocycles. The van der Waals surface area contributed by atoms with Gasteiger partial charge in [-0.25, -0.2) is 0 Å². The standard InChI is InChI=1S/C34H44N4O2.ClH/c1-39-33-11-9-29-21-27(5-7-31(29)23-33)25-35-13-3-15-37-17-19-38(20-18-37)16-4-14-36-26-28-6-8-32-24-34(40-2)12-10-30(32)22-28;/h5-12,21-24,35-36H,3-4,13-20,25-26H2,1-2H3;1H. The molecule has 41 heavy (non-hydrogen) atoms. The highest BCUT2D eigenvalue weighted by molar-refractivity contribution is 5.86. The molecule has 7 heteroatoms. The molecule has 5 rings (SSSR count). The first kappa shape index (κ1) is 31.1. The second-order valence-corrected chi connectivity index (χ2v) is 10.8. The summed E-state index contributed by atoms with van der Waals surface area (Å²) in [6.45, 7) is 11.0. The number of rotatable bonds is 14. The number of halogens is 1. The second-order valence-electron chi connectivity index (χ2n) is 10.8. The normalized spacial score (nSPS) is 14.3. The van der Waals surface area contributed by atoms with E-state index in [0.29, 0.717) is 0 Å². The molecule has 4 aromatic carbocycles. The van der Waals surface area contributed by atoms with Crippen LogP contribution in [0.3, 0.4) is 0 Å². The van der Waals surface area contributed by atoms with Gasteiger partial charge in [0.25, 0.3) is 0 Å². The van der Waals surface area contributed by atoms with Crippen LogP contribution in [0.15, 0.2) is 72.8 Å². The molecule has 1 heterocycles. The Kier molecular flexibility index (Phi) is 12.1. The number of nitrogens with one attached hydrogen (secondary N) is 2. The highest BCUT2D eigenvalue weighted by Crippen LogP contribution is 2.23. The van der Waals surface area contributed by atoms with Crippen molar-refractivity contribution in [2.45, 2.75) is 25.9 Å². The molecule has 1 aliphatic rings. The van der Waals surface area contributed by atoms with Crippen molar-refractivity contribution in [2.75, 3.05) is 66.6 Å². The molecule has 1 saturated heterocycles. The predicted molar refractivity (Wildman–Crippen MR) is 174 cm³/mol. The van der Waals surface area contributed by atoms with Crippen LogP contribution in [0.5, 0.6) is 11.5 Å². The summed E-state index contributed by atoms with van der Waals surface area (Å²) in [6.07, 6.45) is 2.38. The summed E-state index contributed by atoms with van der Waals surface area (Å²) in [5.41, 5.74) is 2.66. The third kappa shape index (κ3) is 9.06. The maximum Gasteiger partial charge on any atom is 0.119 e. The van der Waals surface area contributed by atoms with Crippen molar-refractivity contribution < 1.29 is 9.47 Å². The quantitative estimate of drug-likeness (QED) is 0.188. The molecular formula is C34H45ClN4O2. The van der Waals surface area contributed by atoms with Gasteiger partial charge in [-0.3, -0.25) is 0 Å². The van der Waals surface area contributed by atoms with Crippen LogP contribution >= 0.6 is 12.4 Å². The fourth-order valence-electron chi connectivity index (χ4n) is 5.58. The van der Waals surface area contributed by atoms with Crippen LogP contribution in [0.4, 0.5) is 0 Å². The fourth-order valence-corrected chi connectivity index (χ4v) is 5.58. The molecule has 0 bridgehead atoms. The van der Waals surface area contributed by atoms with Crippen molar-refractivity contribution in [3.8, 4) is 11.5 Å². The van der Waals surface area contributed by atoms with Gasteiger partial charge in [0.15, 0.2) is 0 Å². The Labute approximate surface area is 251 Å². The van der Waals surface area contributed by atoms with Crippen molar-refractivity contribution in [1.29, 1.82) is 0 Å². The third-order valence-electron chi connectivity index (χ3n) is 8.00. The molecule has 4 aromatic rings. The molecule has 0 atom stereocenters. The molecule has 1 fully saturated rings. The molecule has 0 unspecified atom stereocenters. The summed E-state index contributed by atoms with van der Waals surface area (Å²) < 4.78 is 10.7. The first-order chi connectivity index (χ1) is 19.7. The van der Waals surface area contributed by atoms with Crippen LogP contribution in [0.2, 0.25) is 0 Å². The molecule has 6 nitrogen and oxygen atoms in total. The number of methoxy groups -OCH3 is 2. The first-order valence-corrected chi connectivity index (χ1v) is 14.7. The molecule has 0 spiro atoms. The lowest BCUT2D eigenvalue weighted by Crippen LogP contribution is -2.47. The Hall–Kier alpha value is -2.87. The van der Waals surface area contributed by atoms with Crippen LogP contribution in [0, 0.1) is 0 Å². The lowest BCUT2D eigenvalue weighted by Gasteiger charge is -2.34. The van der Waals surface area contributed by atoms with Gasteiger partial charge >= 0.3 is 0 Å². The SMILES string of the molecule is COc1ccc2cc(CNCCCN3CCN(CCCNCc4ccc5cc(OC)ccc5c4)CC3)ccc2c1.Cl. The molecular weight excluding hydrogens is 532 g/mol. The van der Waals surface area contributed by atoms with Gasteiger partial charge in [-0.1, -0.05) is 36.4 Å². The summed E-state index contributed by atoms with van der Waals surface area (Å²) >= 11 is 0. The van der Waals surface area contributed by atoms with Gasteiger partial charge in [0.2, 0.25) is 0 Å². The summed E-state index contributed by atoms with van der Waals surface area (Å²) in [7, 11) is 3.43. The van der Waals surface area contributed by atoms with E-state index in [1.807, 2.05) is 12.1 Å². The maximum atomic E-state index is 5.33. The Morgan fingerprint density at radius 1 is 0.561 bits per heavy atom. The van der Waals surface area contributed by atoms with Crippen LogP contribution in [0.1, 0.15) is 24.0 Å². The highest BCUT2D eigenvalue weighted by Gasteiger charge is 2.15. The van der Waals surface area contributed by atoms with Crippen molar-refractivity contribution in [2.24, 2.45) is 0 Å². The lowest BCUT2D eigenvalue weighted by molar-refractivity contribution is 0.130. The monoisotopic (exact) mass is 576 g/mol. The first-order valence-electron chi connectivity index (χ1n) is 14.7. The Bertz CT molecular complexity index is 1270. The molecule has 0 saturated carbocycles. The molecule has 220 valence electrons. The van der Waals surface area contributed by atoms with E-state index in [-0.39, 0.29) is 12.4 Å². The number of hydrogen-bond acceptors (Lipinski definition) is 6. The van der Waals surface area contributed by atoms with Crippen LogP contribution in [-0.2, 0) is 13.1 Å². The summed E-state index contributed by atoms with van der Waals surface area (Å²) in [5.74, 6) is 1.82. The third-order valence-corrected chi connectivity index (χ3v) is 8.00. The summed E-state index contributed by atoms with van der Waals surface area (Å²) in [4.78, 5) is 5.24. The highest BCUT2D eigenvalue weighted by atomic mass is 35.5. The number of ether oxygens (including phenoxy) is 2. The Morgan fingerprint density at radius 3 is 1.37 bits per heavy atom. The van der Waals surface area contributed by atoms with E-state index >= 15 is 0 Å². The largest absolute Gasteiger partial charge is 0.497 e. The minimum Gasteiger partial charge on any atom is -0.497 e.